The Hall–Kier alpha value is 0.750. The number of hydrogen-bond acceptors (Lipinski definition) is 6. The van der Waals surface area contributed by atoms with Gasteiger partial charge in [0.15, 0.2) is 0 Å². The number of hydrogen-bond donors (Lipinski definition) is 3. The summed E-state index contributed by atoms with van der Waals surface area (Å²) >= 11 is 0. The van der Waals surface area contributed by atoms with Gasteiger partial charge < -0.3 is 10.4 Å². The summed E-state index contributed by atoms with van der Waals surface area (Å²) in [5, 5.41) is 12.3. The fourth-order valence-electron chi connectivity index (χ4n) is 1.20. The topological polar surface area (TPSA) is 99.1 Å². The van der Waals surface area contributed by atoms with E-state index >= 15 is 0 Å². The Labute approximate surface area is 125 Å². The van der Waals surface area contributed by atoms with Gasteiger partial charge in [0.05, 0.1) is 6.61 Å². The van der Waals surface area contributed by atoms with Gasteiger partial charge >= 0.3 is 40.0 Å². The Morgan fingerprint density at radius 1 is 1.41 bits per heavy atom. The third-order valence-corrected chi connectivity index (χ3v) is 2.48. The predicted octanol–water partition coefficient (Wildman–Crippen LogP) is -1.59. The molecule has 7 nitrogen and oxygen atoms in total. The van der Waals surface area contributed by atoms with E-state index in [9.17, 15) is 8.42 Å². The molecule has 0 aromatic carbocycles. The summed E-state index contributed by atoms with van der Waals surface area (Å²) in [4.78, 5) is 2.05. The van der Waals surface area contributed by atoms with Gasteiger partial charge in [0, 0.05) is 26.2 Å². The maximum absolute atomic E-state index is 9.56. The van der Waals surface area contributed by atoms with E-state index in [4.69, 9.17) is 9.66 Å². The second-order valence-electron chi connectivity index (χ2n) is 3.25. The molecule has 0 aromatic heterocycles. The van der Waals surface area contributed by atoms with Gasteiger partial charge in [-0.25, -0.2) is 4.18 Å². The molecule has 17 heavy (non-hydrogen) atoms. The van der Waals surface area contributed by atoms with Crippen LogP contribution in [-0.4, -0.2) is 91.5 Å². The summed E-state index contributed by atoms with van der Waals surface area (Å²) < 4.78 is 30.7. The van der Waals surface area contributed by atoms with E-state index in [0.717, 1.165) is 26.2 Å². The molecule has 9 heteroatoms. The van der Waals surface area contributed by atoms with Gasteiger partial charge in [0.1, 0.15) is 6.23 Å². The number of rotatable bonds is 3. The van der Waals surface area contributed by atoms with Gasteiger partial charge in [-0.1, -0.05) is 0 Å². The van der Waals surface area contributed by atoms with E-state index in [2.05, 4.69) is 14.4 Å². The standard InChI is InChI=1S/C6H14N2O.C2H6O4S.Na.H/c1-6(9)8-4-2-7-3-5-8;1-2-6-7(3,4)5;;/h6-7,9H,2-5H2,1H3;2H2,1H3,(H,3,4,5);;. The molecule has 1 saturated heterocycles. The van der Waals surface area contributed by atoms with Crippen LogP contribution in [0, 0.1) is 0 Å². The zero-order valence-corrected chi connectivity index (χ0v) is 10.4. The molecule has 3 N–H and O–H groups in total. The molecule has 1 rings (SSSR count). The third-order valence-electron chi connectivity index (χ3n) is 1.95. The van der Waals surface area contributed by atoms with Crippen molar-refractivity contribution in [2.45, 2.75) is 20.1 Å². The van der Waals surface area contributed by atoms with Gasteiger partial charge in [-0.3, -0.25) is 9.45 Å². The molecule has 0 aromatic rings. The summed E-state index contributed by atoms with van der Waals surface area (Å²) in [6.07, 6.45) is -0.271. The van der Waals surface area contributed by atoms with E-state index in [1.807, 2.05) is 6.92 Å². The zero-order valence-electron chi connectivity index (χ0n) is 9.59. The number of nitrogens with one attached hydrogen (secondary N) is 1. The van der Waals surface area contributed by atoms with E-state index in [1.165, 1.54) is 6.92 Å². The fourth-order valence-corrected chi connectivity index (χ4v) is 1.50. The first-order chi connectivity index (χ1) is 7.37. The molecular weight excluding hydrogens is 259 g/mol. The van der Waals surface area contributed by atoms with Gasteiger partial charge in [0.2, 0.25) is 0 Å². The minimum atomic E-state index is -4.17. The van der Waals surface area contributed by atoms with Crippen LogP contribution in [0.3, 0.4) is 0 Å². The van der Waals surface area contributed by atoms with Crippen LogP contribution in [0.15, 0.2) is 0 Å². The molecule has 100 valence electrons. The van der Waals surface area contributed by atoms with Crippen molar-refractivity contribution in [3.63, 3.8) is 0 Å². The normalized spacial score (nSPS) is 18.6. The van der Waals surface area contributed by atoms with Crippen LogP contribution >= 0.6 is 0 Å². The number of aliphatic hydroxyl groups is 1. The number of nitrogens with zero attached hydrogens (tertiary/aromatic N) is 1. The summed E-state index contributed by atoms with van der Waals surface area (Å²) in [5.41, 5.74) is 0. The Balaban J connectivity index is 0. The molecule has 1 fully saturated rings. The van der Waals surface area contributed by atoms with Crippen LogP contribution in [0.5, 0.6) is 0 Å². The first-order valence-corrected chi connectivity index (χ1v) is 6.48. The van der Waals surface area contributed by atoms with Crippen LogP contribution < -0.4 is 5.32 Å². The van der Waals surface area contributed by atoms with Gasteiger partial charge in [-0.15, -0.1) is 0 Å². The summed E-state index contributed by atoms with van der Waals surface area (Å²) in [6, 6.07) is 0. The summed E-state index contributed by atoms with van der Waals surface area (Å²) in [7, 11) is -4.17. The van der Waals surface area contributed by atoms with Crippen LogP contribution in [0.2, 0.25) is 0 Å². The minimum absolute atomic E-state index is 0. The summed E-state index contributed by atoms with van der Waals surface area (Å²) in [5.74, 6) is 0. The Morgan fingerprint density at radius 2 is 1.88 bits per heavy atom. The first-order valence-electron chi connectivity index (χ1n) is 5.11. The summed E-state index contributed by atoms with van der Waals surface area (Å²) in [6.45, 7) is 7.20. The number of piperazine rings is 1. The third kappa shape index (κ3) is 13.0. The van der Waals surface area contributed by atoms with Crippen molar-refractivity contribution in [1.29, 1.82) is 0 Å². The van der Waals surface area contributed by atoms with Crippen molar-refractivity contribution in [2.24, 2.45) is 0 Å². The van der Waals surface area contributed by atoms with Gasteiger partial charge in [0.25, 0.3) is 0 Å². The molecule has 0 aliphatic carbocycles. The van der Waals surface area contributed by atoms with Crippen molar-refractivity contribution < 1.29 is 22.3 Å². The molecule has 0 bridgehead atoms. The Morgan fingerprint density at radius 3 is 2.06 bits per heavy atom. The van der Waals surface area contributed by atoms with Crippen molar-refractivity contribution in [2.75, 3.05) is 32.8 Å². The molecule has 1 aliphatic rings. The molecule has 0 radical (unpaired) electrons. The molecule has 1 heterocycles. The molecule has 0 spiro atoms. The fraction of sp³-hybridized carbons (Fsp3) is 1.00. The predicted molar refractivity (Wildman–Crippen MR) is 66.4 cm³/mol. The first kappa shape index (κ1) is 20.1. The van der Waals surface area contributed by atoms with Crippen LogP contribution in [0.4, 0.5) is 0 Å². The zero-order chi connectivity index (χ0) is 12.6. The van der Waals surface area contributed by atoms with Gasteiger partial charge in [-0.05, 0) is 13.8 Å². The van der Waals surface area contributed by atoms with Crippen LogP contribution in [-0.2, 0) is 14.6 Å². The van der Waals surface area contributed by atoms with Gasteiger partial charge in [-0.2, -0.15) is 8.42 Å². The second kappa shape index (κ2) is 10.7. The van der Waals surface area contributed by atoms with Crippen molar-refractivity contribution in [3.05, 3.63) is 0 Å². The molecule has 1 unspecified atom stereocenters. The second-order valence-corrected chi connectivity index (χ2v) is 4.34. The molecule has 0 amide bonds. The van der Waals surface area contributed by atoms with E-state index in [-0.39, 0.29) is 42.4 Å². The molecule has 1 atom stereocenters. The molecular formula is C8H21N2NaO5S. The van der Waals surface area contributed by atoms with Crippen molar-refractivity contribution in [3.8, 4) is 0 Å². The maximum atomic E-state index is 9.56. The van der Waals surface area contributed by atoms with E-state index in [0.29, 0.717) is 0 Å². The van der Waals surface area contributed by atoms with Crippen molar-refractivity contribution in [1.82, 2.24) is 10.2 Å². The molecule has 0 saturated carbocycles. The SMILES string of the molecule is CC(O)N1CCNCC1.CCOS(=O)(=O)O.[NaH]. The monoisotopic (exact) mass is 280 g/mol. The average molecular weight is 280 g/mol. The van der Waals surface area contributed by atoms with Crippen molar-refractivity contribution >= 4 is 40.0 Å². The number of aliphatic hydroxyl groups excluding tert-OH is 1. The van der Waals surface area contributed by atoms with Crippen LogP contribution in [0.1, 0.15) is 13.8 Å². The van der Waals surface area contributed by atoms with E-state index in [1.54, 1.807) is 0 Å². The Kier molecular flexibility index (Phi) is 12.6. The molecule has 1 aliphatic heterocycles. The Bertz CT molecular complexity index is 267. The van der Waals surface area contributed by atoms with Crippen LogP contribution in [0.25, 0.3) is 0 Å². The average Bonchev–Trinajstić information content (AvgIpc) is 2.18. The quantitative estimate of drug-likeness (QED) is 0.423. The van der Waals surface area contributed by atoms with E-state index < -0.39 is 10.4 Å².